The van der Waals surface area contributed by atoms with Gasteiger partial charge in [-0.25, -0.2) is 0 Å². The van der Waals surface area contributed by atoms with Gasteiger partial charge in [-0.1, -0.05) is 24.3 Å². The van der Waals surface area contributed by atoms with Gasteiger partial charge in [-0.15, -0.1) is 0 Å². The van der Waals surface area contributed by atoms with Crippen molar-refractivity contribution in [2.24, 2.45) is 0 Å². The first-order valence-electron chi connectivity index (χ1n) is 11.1. The lowest BCUT2D eigenvalue weighted by Crippen LogP contribution is -2.59. The molecule has 1 saturated heterocycles. The van der Waals surface area contributed by atoms with Gasteiger partial charge in [-0.2, -0.15) is 0 Å². The number of aromatic hydroxyl groups is 2. The molecule has 1 fully saturated rings. The van der Waals surface area contributed by atoms with E-state index in [1.54, 1.807) is 30.3 Å². The zero-order chi connectivity index (χ0) is 25.1. The van der Waals surface area contributed by atoms with E-state index < -0.39 is 49.2 Å². The molecule has 0 radical (unpaired) electrons. The second kappa shape index (κ2) is 10.6. The molecule has 2 aliphatic rings. The highest BCUT2D eigenvalue weighted by Gasteiger charge is 2.45. The van der Waals surface area contributed by atoms with Crippen LogP contribution in [0.4, 0.5) is 5.69 Å². The minimum atomic E-state index is -1.61. The Hall–Kier alpha value is -3.22. The lowest BCUT2D eigenvalue weighted by Gasteiger charge is -2.40. The van der Waals surface area contributed by atoms with E-state index in [2.05, 4.69) is 5.32 Å². The van der Waals surface area contributed by atoms with E-state index >= 15 is 0 Å². The van der Waals surface area contributed by atoms with E-state index in [0.717, 1.165) is 0 Å². The number of ether oxygens (including phenoxy) is 3. The van der Waals surface area contributed by atoms with Crippen molar-refractivity contribution in [1.29, 1.82) is 0 Å². The summed E-state index contributed by atoms with van der Waals surface area (Å²) < 4.78 is 16.2. The summed E-state index contributed by atoms with van der Waals surface area (Å²) >= 11 is 0. The molecule has 11 heteroatoms. The van der Waals surface area contributed by atoms with E-state index in [-0.39, 0.29) is 30.4 Å². The van der Waals surface area contributed by atoms with Crippen molar-refractivity contribution in [1.82, 2.24) is 0 Å². The number of benzene rings is 2. The van der Waals surface area contributed by atoms with E-state index in [1.807, 2.05) is 0 Å². The van der Waals surface area contributed by atoms with Crippen molar-refractivity contribution >= 4 is 17.6 Å². The van der Waals surface area contributed by atoms with Gasteiger partial charge >= 0.3 is 5.97 Å². The molecule has 0 saturated carbocycles. The lowest BCUT2D eigenvalue weighted by atomic mass is 9.97. The van der Waals surface area contributed by atoms with Gasteiger partial charge in [0.1, 0.15) is 31.0 Å². The van der Waals surface area contributed by atoms with Crippen LogP contribution in [0.15, 0.2) is 42.5 Å². The highest BCUT2D eigenvalue weighted by molar-refractivity contribution is 6.04. The van der Waals surface area contributed by atoms with Crippen LogP contribution in [0.3, 0.4) is 0 Å². The quantitative estimate of drug-likeness (QED) is 0.221. The zero-order valence-electron chi connectivity index (χ0n) is 18.6. The number of hydrogen-bond acceptors (Lipinski definition) is 10. The standard InChI is InChI=1S/C24H27NO10/c26-16-6-5-12(9-17(16)27)7-8-33-24-22(31)21(30)20(29)18(35-24)11-34-19(28)10-14-13-3-1-2-4-15(13)25-23(14)32/h1-6,9,14,18,20-22,24,26-27,29-31H,7-8,10-11H2,(H,25,32)/t14-,18-,20-,21+,22-,24-/m1/s1. The van der Waals surface area contributed by atoms with Gasteiger partial charge in [0.25, 0.3) is 0 Å². The van der Waals surface area contributed by atoms with Crippen LogP contribution in [-0.4, -0.2) is 81.3 Å². The van der Waals surface area contributed by atoms with Crippen LogP contribution in [0.5, 0.6) is 11.5 Å². The molecule has 6 N–H and O–H groups in total. The van der Waals surface area contributed by atoms with E-state index in [1.165, 1.54) is 12.1 Å². The van der Waals surface area contributed by atoms with E-state index in [9.17, 15) is 35.1 Å². The Morgan fingerprint density at radius 1 is 1.00 bits per heavy atom. The lowest BCUT2D eigenvalue weighted by molar-refractivity contribution is -0.301. The maximum atomic E-state index is 12.4. The van der Waals surface area contributed by atoms with Crippen LogP contribution in [-0.2, 0) is 30.2 Å². The number of phenols is 2. The fourth-order valence-corrected chi connectivity index (χ4v) is 4.09. The monoisotopic (exact) mass is 489 g/mol. The fraction of sp³-hybridized carbons (Fsp3) is 0.417. The van der Waals surface area contributed by atoms with Crippen molar-refractivity contribution < 1.29 is 49.3 Å². The Kier molecular flexibility index (Phi) is 7.53. The topological polar surface area (TPSA) is 175 Å². The third-order valence-corrected chi connectivity index (χ3v) is 6.07. The number of rotatable bonds is 8. The molecule has 11 nitrogen and oxygen atoms in total. The number of fused-ring (bicyclic) bond motifs is 1. The van der Waals surface area contributed by atoms with Crippen molar-refractivity contribution in [2.75, 3.05) is 18.5 Å². The maximum absolute atomic E-state index is 12.4. The molecule has 188 valence electrons. The van der Waals surface area contributed by atoms with Crippen LogP contribution in [0, 0.1) is 0 Å². The van der Waals surface area contributed by atoms with Gasteiger partial charge < -0.3 is 45.1 Å². The zero-order valence-corrected chi connectivity index (χ0v) is 18.6. The van der Waals surface area contributed by atoms with Gasteiger partial charge in [0.05, 0.1) is 18.9 Å². The summed E-state index contributed by atoms with van der Waals surface area (Å²) in [6.07, 6.45) is -7.10. The predicted octanol–water partition coefficient (Wildman–Crippen LogP) is 0.134. The predicted molar refractivity (Wildman–Crippen MR) is 119 cm³/mol. The number of nitrogens with one attached hydrogen (secondary N) is 1. The number of carbonyl (C=O) groups excluding carboxylic acids is 2. The minimum Gasteiger partial charge on any atom is -0.504 e. The summed E-state index contributed by atoms with van der Waals surface area (Å²) in [5, 5.41) is 52.3. The summed E-state index contributed by atoms with van der Waals surface area (Å²) in [5.74, 6) is -2.24. The number of aliphatic hydroxyl groups is 3. The third-order valence-electron chi connectivity index (χ3n) is 6.07. The van der Waals surface area contributed by atoms with Gasteiger partial charge in [0.2, 0.25) is 5.91 Å². The Morgan fingerprint density at radius 3 is 2.54 bits per heavy atom. The number of carbonyl (C=O) groups is 2. The van der Waals surface area contributed by atoms with Crippen molar-refractivity contribution in [3.8, 4) is 11.5 Å². The number of anilines is 1. The smallest absolute Gasteiger partial charge is 0.307 e. The minimum absolute atomic E-state index is 0.0253. The number of aliphatic hydroxyl groups excluding tert-OH is 3. The van der Waals surface area contributed by atoms with Crippen LogP contribution >= 0.6 is 0 Å². The molecule has 35 heavy (non-hydrogen) atoms. The van der Waals surface area contributed by atoms with Crippen LogP contribution < -0.4 is 5.32 Å². The van der Waals surface area contributed by atoms with Gasteiger partial charge in [0.15, 0.2) is 17.8 Å². The summed E-state index contributed by atoms with van der Waals surface area (Å²) in [5.41, 5.74) is 1.98. The van der Waals surface area contributed by atoms with Crippen molar-refractivity contribution in [2.45, 2.75) is 49.5 Å². The number of phenolic OH excluding ortho intramolecular Hbond substituents is 2. The SMILES string of the molecule is O=C(C[C@H]1C(=O)Nc2ccccc21)OC[C@H]1O[C@@H](OCCc2ccc(O)c(O)c2)[C@H](O)[C@@H](O)[C@@H]1O. The second-order valence-corrected chi connectivity index (χ2v) is 8.47. The van der Waals surface area contributed by atoms with Crippen LogP contribution in [0.1, 0.15) is 23.5 Å². The summed E-state index contributed by atoms with van der Waals surface area (Å²) in [6, 6.07) is 11.3. The fourth-order valence-electron chi connectivity index (χ4n) is 4.09. The molecule has 0 spiro atoms. The molecule has 0 unspecified atom stereocenters. The van der Waals surface area contributed by atoms with Crippen LogP contribution in [0.25, 0.3) is 0 Å². The number of amides is 1. The normalized spacial score (nSPS) is 27.8. The Morgan fingerprint density at radius 2 is 1.77 bits per heavy atom. The summed E-state index contributed by atoms with van der Waals surface area (Å²) in [7, 11) is 0. The molecule has 2 aliphatic heterocycles. The van der Waals surface area contributed by atoms with Crippen molar-refractivity contribution in [3.63, 3.8) is 0 Å². The molecule has 2 aromatic rings. The molecular formula is C24H27NO10. The Balaban J connectivity index is 1.29. The average Bonchev–Trinajstić information content (AvgIpc) is 3.15. The number of hydrogen-bond donors (Lipinski definition) is 6. The largest absolute Gasteiger partial charge is 0.504 e. The van der Waals surface area contributed by atoms with Crippen molar-refractivity contribution in [3.05, 3.63) is 53.6 Å². The highest BCUT2D eigenvalue weighted by Crippen LogP contribution is 2.34. The molecule has 0 aliphatic carbocycles. The second-order valence-electron chi connectivity index (χ2n) is 8.47. The molecule has 4 rings (SSSR count). The molecule has 2 heterocycles. The highest BCUT2D eigenvalue weighted by atomic mass is 16.7. The summed E-state index contributed by atoms with van der Waals surface area (Å²) in [4.78, 5) is 24.6. The summed E-state index contributed by atoms with van der Waals surface area (Å²) in [6.45, 7) is -0.400. The van der Waals surface area contributed by atoms with Crippen LogP contribution in [0.2, 0.25) is 0 Å². The van der Waals surface area contributed by atoms with Gasteiger partial charge in [-0.3, -0.25) is 9.59 Å². The molecular weight excluding hydrogens is 462 g/mol. The third kappa shape index (κ3) is 5.55. The van der Waals surface area contributed by atoms with E-state index in [4.69, 9.17) is 14.2 Å². The number of esters is 1. The maximum Gasteiger partial charge on any atom is 0.307 e. The Bertz CT molecular complexity index is 1080. The molecule has 1 amide bonds. The Labute approximate surface area is 200 Å². The first-order valence-corrected chi connectivity index (χ1v) is 11.1. The molecule has 0 bridgehead atoms. The van der Waals surface area contributed by atoms with Gasteiger partial charge in [0, 0.05) is 5.69 Å². The first-order chi connectivity index (χ1) is 16.7. The molecule has 0 aromatic heterocycles. The number of para-hydroxylation sites is 1. The van der Waals surface area contributed by atoms with Gasteiger partial charge in [-0.05, 0) is 35.7 Å². The average molecular weight is 489 g/mol. The molecule has 2 aromatic carbocycles. The first kappa shape index (κ1) is 24.9. The molecule has 6 atom stereocenters. The van der Waals surface area contributed by atoms with E-state index in [0.29, 0.717) is 23.2 Å².